The number of carbonyl (C=O) groups is 2. The van der Waals surface area contributed by atoms with Gasteiger partial charge in [-0.15, -0.1) is 0 Å². The van der Waals surface area contributed by atoms with Crippen LogP contribution < -0.4 is 4.90 Å². The fourth-order valence-corrected chi connectivity index (χ4v) is 6.18. The number of carbonyl (C=O) groups excluding carboxylic acids is 2. The molecule has 4 aliphatic rings. The predicted octanol–water partition coefficient (Wildman–Crippen LogP) is 4.63. The third-order valence-corrected chi connectivity index (χ3v) is 7.30. The summed E-state index contributed by atoms with van der Waals surface area (Å²) in [5.74, 6) is -1.14. The number of hydrogen-bond acceptors (Lipinski definition) is 3. The largest absolute Gasteiger partial charge is 0.274 e. The van der Waals surface area contributed by atoms with Gasteiger partial charge in [-0.2, -0.15) is 0 Å². The Bertz CT molecular complexity index is 1300. The Morgan fingerprint density at radius 2 is 1.13 bits per heavy atom. The van der Waals surface area contributed by atoms with Crippen LogP contribution in [0, 0.1) is 11.8 Å². The summed E-state index contributed by atoms with van der Waals surface area (Å²) in [7, 11) is 0. The second kappa shape index (κ2) is 5.88. The molecular weight excluding hydrogens is 384 g/mol. The first-order valence-electron chi connectivity index (χ1n) is 10.6. The van der Waals surface area contributed by atoms with Gasteiger partial charge in [0.2, 0.25) is 11.8 Å². The highest BCUT2D eigenvalue weighted by Crippen LogP contribution is 2.61. The van der Waals surface area contributed by atoms with Crippen LogP contribution in [0.1, 0.15) is 34.1 Å². The molecule has 31 heavy (non-hydrogen) atoms. The molecule has 0 unspecified atom stereocenters. The van der Waals surface area contributed by atoms with E-state index in [2.05, 4.69) is 29.2 Å². The third kappa shape index (κ3) is 2.02. The highest BCUT2D eigenvalue weighted by molar-refractivity contribution is 6.25. The van der Waals surface area contributed by atoms with Crippen molar-refractivity contribution in [3.05, 3.63) is 107 Å². The van der Waals surface area contributed by atoms with Gasteiger partial charge in [-0.1, -0.05) is 66.7 Å². The van der Waals surface area contributed by atoms with Gasteiger partial charge in [0.05, 0.1) is 23.0 Å². The van der Waals surface area contributed by atoms with E-state index in [1.165, 1.54) is 27.2 Å². The van der Waals surface area contributed by atoms with Crippen molar-refractivity contribution in [3.63, 3.8) is 0 Å². The van der Waals surface area contributed by atoms with Gasteiger partial charge in [0.25, 0.3) is 0 Å². The van der Waals surface area contributed by atoms with Crippen molar-refractivity contribution in [1.29, 1.82) is 0 Å². The summed E-state index contributed by atoms with van der Waals surface area (Å²) < 4.78 is 0. The Kier molecular flexibility index (Phi) is 3.22. The SMILES string of the molecule is O=C1[C@H]2C3c4ccccc4C(c4ccccc43)[C@@H]2C(=O)N1c1cccc2cccnc12. The Balaban J connectivity index is 1.47. The lowest BCUT2D eigenvalue weighted by Crippen LogP contribution is -2.41. The maximum atomic E-state index is 13.9. The van der Waals surface area contributed by atoms with Crippen LogP contribution >= 0.6 is 0 Å². The molecule has 1 aromatic heterocycles. The average molecular weight is 402 g/mol. The molecule has 8 rings (SSSR count). The van der Waals surface area contributed by atoms with Crippen molar-refractivity contribution in [2.45, 2.75) is 11.8 Å². The zero-order valence-electron chi connectivity index (χ0n) is 16.6. The zero-order valence-corrected chi connectivity index (χ0v) is 16.6. The maximum Gasteiger partial charge on any atom is 0.238 e. The topological polar surface area (TPSA) is 50.3 Å². The fourth-order valence-electron chi connectivity index (χ4n) is 6.18. The van der Waals surface area contributed by atoms with E-state index in [-0.39, 0.29) is 35.5 Å². The number of para-hydroxylation sites is 1. The van der Waals surface area contributed by atoms with Crippen molar-refractivity contribution >= 4 is 28.4 Å². The van der Waals surface area contributed by atoms with Crippen LogP contribution in [-0.2, 0) is 9.59 Å². The van der Waals surface area contributed by atoms with Crippen LogP contribution in [0.15, 0.2) is 85.1 Å². The summed E-state index contributed by atoms with van der Waals surface area (Å²) in [6, 6.07) is 26.1. The van der Waals surface area contributed by atoms with Crippen molar-refractivity contribution < 1.29 is 9.59 Å². The van der Waals surface area contributed by atoms with Gasteiger partial charge in [-0.3, -0.25) is 14.6 Å². The maximum absolute atomic E-state index is 13.9. The van der Waals surface area contributed by atoms with E-state index in [1.54, 1.807) is 6.20 Å². The Hall–Kier alpha value is -3.79. The van der Waals surface area contributed by atoms with E-state index in [0.717, 1.165) is 5.39 Å². The number of rotatable bonds is 1. The first kappa shape index (κ1) is 16.9. The van der Waals surface area contributed by atoms with E-state index in [0.29, 0.717) is 11.2 Å². The highest BCUT2D eigenvalue weighted by Gasteiger charge is 2.61. The van der Waals surface area contributed by atoms with Crippen LogP contribution in [0.4, 0.5) is 5.69 Å². The number of fused-ring (bicyclic) bond motifs is 1. The van der Waals surface area contributed by atoms with Gasteiger partial charge in [-0.25, -0.2) is 4.90 Å². The summed E-state index contributed by atoms with van der Waals surface area (Å²) in [6.07, 6.45) is 1.71. The van der Waals surface area contributed by atoms with E-state index < -0.39 is 0 Å². The minimum atomic E-state index is -0.374. The zero-order chi connectivity index (χ0) is 20.7. The number of aromatic nitrogens is 1. The smallest absolute Gasteiger partial charge is 0.238 e. The molecular formula is C27H18N2O2. The molecule has 1 saturated heterocycles. The molecule has 0 spiro atoms. The van der Waals surface area contributed by atoms with E-state index in [9.17, 15) is 9.59 Å². The van der Waals surface area contributed by atoms with Crippen molar-refractivity contribution in [2.24, 2.45) is 11.8 Å². The lowest BCUT2D eigenvalue weighted by Gasteiger charge is -2.45. The highest BCUT2D eigenvalue weighted by atomic mass is 16.2. The number of hydrogen-bond donors (Lipinski definition) is 0. The molecule has 0 N–H and O–H groups in total. The summed E-state index contributed by atoms with van der Waals surface area (Å²) in [4.78, 5) is 33.7. The Labute approximate surface area is 179 Å². The normalized spacial score (nSPS) is 25.5. The van der Waals surface area contributed by atoms with Crippen molar-refractivity contribution in [1.82, 2.24) is 4.98 Å². The standard InChI is InChI=1S/C27H18N2O2/c30-26-23-21-16-9-1-2-10-17(16)22(19-12-4-3-11-18(19)21)24(23)27(31)29(26)20-13-5-7-15-8-6-14-28-25(15)20/h1-14,21-24H/t21?,22?,23-,24-/m0/s1. The lowest BCUT2D eigenvalue weighted by atomic mass is 9.55. The summed E-state index contributed by atoms with van der Waals surface area (Å²) in [5.41, 5.74) is 6.03. The lowest BCUT2D eigenvalue weighted by molar-refractivity contribution is -0.122. The van der Waals surface area contributed by atoms with Crippen LogP contribution in [0.2, 0.25) is 0 Å². The van der Waals surface area contributed by atoms with E-state index in [4.69, 9.17) is 0 Å². The fraction of sp³-hybridized carbons (Fsp3) is 0.148. The molecule has 0 saturated carbocycles. The monoisotopic (exact) mass is 402 g/mol. The summed E-state index contributed by atoms with van der Waals surface area (Å²) >= 11 is 0. The van der Waals surface area contributed by atoms with Crippen molar-refractivity contribution in [3.8, 4) is 0 Å². The van der Waals surface area contributed by atoms with Crippen LogP contribution in [0.3, 0.4) is 0 Å². The Morgan fingerprint density at radius 3 is 1.68 bits per heavy atom. The third-order valence-electron chi connectivity index (χ3n) is 7.30. The van der Waals surface area contributed by atoms with Gasteiger partial charge in [-0.05, 0) is 34.4 Å². The number of imide groups is 1. The molecule has 4 aromatic rings. The molecule has 3 aromatic carbocycles. The molecule has 3 aliphatic carbocycles. The molecule has 2 amide bonds. The number of nitrogens with zero attached hydrogens (tertiary/aromatic N) is 2. The van der Waals surface area contributed by atoms with Gasteiger partial charge < -0.3 is 0 Å². The minimum absolute atomic E-state index is 0.0909. The van der Waals surface area contributed by atoms with Gasteiger partial charge in [0.1, 0.15) is 0 Å². The van der Waals surface area contributed by atoms with Gasteiger partial charge in [0, 0.05) is 23.4 Å². The first-order valence-corrected chi connectivity index (χ1v) is 10.6. The second-order valence-corrected chi connectivity index (χ2v) is 8.63. The van der Waals surface area contributed by atoms with Gasteiger partial charge >= 0.3 is 0 Å². The van der Waals surface area contributed by atoms with Gasteiger partial charge in [0.15, 0.2) is 0 Å². The molecule has 0 radical (unpaired) electrons. The molecule has 1 fully saturated rings. The number of benzene rings is 3. The molecule has 4 nitrogen and oxygen atoms in total. The molecule has 2 bridgehead atoms. The quantitative estimate of drug-likeness (QED) is 0.436. The summed E-state index contributed by atoms with van der Waals surface area (Å²) in [5, 5.41) is 0.921. The number of pyridine rings is 1. The summed E-state index contributed by atoms with van der Waals surface area (Å²) in [6.45, 7) is 0. The number of amides is 2. The molecule has 2 heterocycles. The van der Waals surface area contributed by atoms with Crippen molar-refractivity contribution in [2.75, 3.05) is 4.90 Å². The Morgan fingerprint density at radius 1 is 0.613 bits per heavy atom. The number of anilines is 1. The minimum Gasteiger partial charge on any atom is -0.274 e. The van der Waals surface area contributed by atoms with Crippen LogP contribution in [0.25, 0.3) is 10.9 Å². The second-order valence-electron chi connectivity index (χ2n) is 8.63. The average Bonchev–Trinajstić information content (AvgIpc) is 3.09. The molecule has 4 heteroatoms. The van der Waals surface area contributed by atoms with E-state index >= 15 is 0 Å². The predicted molar refractivity (Wildman–Crippen MR) is 118 cm³/mol. The first-order chi connectivity index (χ1) is 15.3. The van der Waals surface area contributed by atoms with Crippen LogP contribution in [0.5, 0.6) is 0 Å². The molecule has 2 atom stereocenters. The molecule has 148 valence electrons. The van der Waals surface area contributed by atoms with Crippen LogP contribution in [-0.4, -0.2) is 16.8 Å². The van der Waals surface area contributed by atoms with E-state index in [1.807, 2.05) is 54.6 Å². The molecule has 1 aliphatic heterocycles.